The largest absolute Gasteiger partial charge is 0.320 e. The predicted octanol–water partition coefficient (Wildman–Crippen LogP) is 0.700. The molecule has 2 aromatic carbocycles. The standard InChI is InChI=1S/C13H15N3O/c14-12(13(17)16-15)8-10-6-3-5-9-4-1-2-7-11(9)10/h1-7,12H,8,14-15H2,(H,16,17). The number of hydrogen-bond acceptors (Lipinski definition) is 3. The van der Waals surface area contributed by atoms with Crippen molar-refractivity contribution in [1.82, 2.24) is 5.43 Å². The van der Waals surface area contributed by atoms with Crippen LogP contribution in [0.3, 0.4) is 0 Å². The summed E-state index contributed by atoms with van der Waals surface area (Å²) in [5.74, 6) is 4.71. The van der Waals surface area contributed by atoms with Crippen molar-refractivity contribution < 1.29 is 4.79 Å². The molecule has 17 heavy (non-hydrogen) atoms. The molecule has 0 saturated heterocycles. The van der Waals surface area contributed by atoms with Gasteiger partial charge in [-0.05, 0) is 22.8 Å². The van der Waals surface area contributed by atoms with E-state index in [0.717, 1.165) is 16.3 Å². The van der Waals surface area contributed by atoms with E-state index in [-0.39, 0.29) is 5.91 Å². The molecular formula is C13H15N3O. The van der Waals surface area contributed by atoms with Crippen molar-refractivity contribution in [3.63, 3.8) is 0 Å². The van der Waals surface area contributed by atoms with E-state index < -0.39 is 6.04 Å². The average Bonchev–Trinajstić information content (AvgIpc) is 2.38. The van der Waals surface area contributed by atoms with Crippen molar-refractivity contribution in [2.45, 2.75) is 12.5 Å². The van der Waals surface area contributed by atoms with Crippen LogP contribution in [0.15, 0.2) is 42.5 Å². The summed E-state index contributed by atoms with van der Waals surface area (Å²) in [6.45, 7) is 0. The van der Waals surface area contributed by atoms with Crippen LogP contribution in [0.5, 0.6) is 0 Å². The van der Waals surface area contributed by atoms with Crippen molar-refractivity contribution >= 4 is 16.7 Å². The van der Waals surface area contributed by atoms with E-state index in [1.807, 2.05) is 42.5 Å². The molecule has 88 valence electrons. The molecule has 0 bridgehead atoms. The minimum atomic E-state index is -0.620. The normalized spacial score (nSPS) is 12.4. The molecule has 2 rings (SSSR count). The van der Waals surface area contributed by atoms with Crippen LogP contribution in [0.2, 0.25) is 0 Å². The number of benzene rings is 2. The van der Waals surface area contributed by atoms with E-state index in [1.165, 1.54) is 0 Å². The molecule has 0 aliphatic rings. The summed E-state index contributed by atoms with van der Waals surface area (Å²) in [5, 5.41) is 2.26. The Kier molecular flexibility index (Phi) is 3.37. The van der Waals surface area contributed by atoms with E-state index in [2.05, 4.69) is 5.43 Å². The third kappa shape index (κ3) is 2.43. The van der Waals surface area contributed by atoms with Crippen LogP contribution in [-0.4, -0.2) is 11.9 Å². The molecule has 0 saturated carbocycles. The fraction of sp³-hybridized carbons (Fsp3) is 0.154. The highest BCUT2D eigenvalue weighted by molar-refractivity contribution is 5.87. The van der Waals surface area contributed by atoms with E-state index in [1.54, 1.807) is 0 Å². The van der Waals surface area contributed by atoms with Gasteiger partial charge in [-0.2, -0.15) is 0 Å². The quantitative estimate of drug-likeness (QED) is 0.411. The van der Waals surface area contributed by atoms with Crippen LogP contribution < -0.4 is 17.0 Å². The van der Waals surface area contributed by atoms with Crippen LogP contribution >= 0.6 is 0 Å². The zero-order chi connectivity index (χ0) is 12.3. The minimum Gasteiger partial charge on any atom is -0.320 e. The van der Waals surface area contributed by atoms with Gasteiger partial charge in [-0.3, -0.25) is 10.2 Å². The lowest BCUT2D eigenvalue weighted by Gasteiger charge is -2.11. The van der Waals surface area contributed by atoms with E-state index in [4.69, 9.17) is 11.6 Å². The Balaban J connectivity index is 2.33. The van der Waals surface area contributed by atoms with Gasteiger partial charge in [0, 0.05) is 0 Å². The molecule has 4 nitrogen and oxygen atoms in total. The summed E-state index contributed by atoms with van der Waals surface area (Å²) < 4.78 is 0. The molecule has 1 unspecified atom stereocenters. The number of carbonyl (C=O) groups excluding carboxylic acids is 1. The topological polar surface area (TPSA) is 81.1 Å². The first-order chi connectivity index (χ1) is 8.22. The molecule has 4 heteroatoms. The maximum Gasteiger partial charge on any atom is 0.251 e. The van der Waals surface area contributed by atoms with Gasteiger partial charge in [-0.15, -0.1) is 0 Å². The van der Waals surface area contributed by atoms with Gasteiger partial charge < -0.3 is 5.73 Å². The van der Waals surface area contributed by atoms with Gasteiger partial charge in [0.25, 0.3) is 5.91 Å². The number of fused-ring (bicyclic) bond motifs is 1. The fourth-order valence-electron chi connectivity index (χ4n) is 1.91. The number of hydrazine groups is 1. The lowest BCUT2D eigenvalue weighted by Crippen LogP contribution is -2.45. The summed E-state index contributed by atoms with van der Waals surface area (Å²) in [5.41, 5.74) is 8.88. The van der Waals surface area contributed by atoms with Crippen molar-refractivity contribution in [1.29, 1.82) is 0 Å². The Morgan fingerprint density at radius 1 is 1.18 bits per heavy atom. The first kappa shape index (κ1) is 11.6. The van der Waals surface area contributed by atoms with Gasteiger partial charge in [0.1, 0.15) is 0 Å². The summed E-state index contributed by atoms with van der Waals surface area (Å²) >= 11 is 0. The van der Waals surface area contributed by atoms with Crippen molar-refractivity contribution in [3.8, 4) is 0 Å². The molecule has 0 aromatic heterocycles. The third-order valence-corrected chi connectivity index (χ3v) is 2.80. The molecule has 0 heterocycles. The maximum absolute atomic E-state index is 11.3. The van der Waals surface area contributed by atoms with Crippen LogP contribution in [0.25, 0.3) is 10.8 Å². The maximum atomic E-state index is 11.3. The summed E-state index contributed by atoms with van der Waals surface area (Å²) in [4.78, 5) is 11.3. The highest BCUT2D eigenvalue weighted by Gasteiger charge is 2.13. The van der Waals surface area contributed by atoms with E-state index in [9.17, 15) is 4.79 Å². The lowest BCUT2D eigenvalue weighted by atomic mass is 9.99. The van der Waals surface area contributed by atoms with Gasteiger partial charge in [0.15, 0.2) is 0 Å². The number of nitrogens with two attached hydrogens (primary N) is 2. The number of amides is 1. The van der Waals surface area contributed by atoms with Gasteiger partial charge in [0.05, 0.1) is 6.04 Å². The zero-order valence-corrected chi connectivity index (χ0v) is 9.39. The lowest BCUT2D eigenvalue weighted by molar-refractivity contribution is -0.122. The smallest absolute Gasteiger partial charge is 0.251 e. The van der Waals surface area contributed by atoms with Crippen LogP contribution in [0.1, 0.15) is 5.56 Å². The van der Waals surface area contributed by atoms with Crippen molar-refractivity contribution in [3.05, 3.63) is 48.0 Å². The highest BCUT2D eigenvalue weighted by Crippen LogP contribution is 2.19. The van der Waals surface area contributed by atoms with Gasteiger partial charge in [-0.1, -0.05) is 42.5 Å². The Morgan fingerprint density at radius 2 is 1.88 bits per heavy atom. The number of hydrogen-bond donors (Lipinski definition) is 3. The van der Waals surface area contributed by atoms with Crippen molar-refractivity contribution in [2.24, 2.45) is 11.6 Å². The minimum absolute atomic E-state index is 0.349. The first-order valence-electron chi connectivity index (χ1n) is 5.45. The zero-order valence-electron chi connectivity index (χ0n) is 9.39. The number of rotatable bonds is 3. The SMILES string of the molecule is NNC(=O)C(N)Cc1cccc2ccccc12. The molecule has 1 amide bonds. The molecule has 0 spiro atoms. The average molecular weight is 229 g/mol. The highest BCUT2D eigenvalue weighted by atomic mass is 16.2. The molecular weight excluding hydrogens is 214 g/mol. The van der Waals surface area contributed by atoms with Gasteiger partial charge in [-0.25, -0.2) is 5.84 Å². The molecule has 5 N–H and O–H groups in total. The van der Waals surface area contributed by atoms with Crippen molar-refractivity contribution in [2.75, 3.05) is 0 Å². The second kappa shape index (κ2) is 4.95. The molecule has 0 aliphatic heterocycles. The molecule has 0 fully saturated rings. The monoisotopic (exact) mass is 229 g/mol. The van der Waals surface area contributed by atoms with Crippen LogP contribution in [0.4, 0.5) is 0 Å². The predicted molar refractivity (Wildman–Crippen MR) is 68.0 cm³/mol. The second-order valence-electron chi connectivity index (χ2n) is 3.96. The van der Waals surface area contributed by atoms with Gasteiger partial charge >= 0.3 is 0 Å². The molecule has 0 aliphatic carbocycles. The second-order valence-corrected chi connectivity index (χ2v) is 3.96. The molecule has 1 atom stereocenters. The Hall–Kier alpha value is -1.91. The Labute approximate surface area is 99.6 Å². The first-order valence-corrected chi connectivity index (χ1v) is 5.45. The summed E-state index contributed by atoms with van der Waals surface area (Å²) in [6.07, 6.45) is 0.477. The van der Waals surface area contributed by atoms with E-state index in [0.29, 0.717) is 6.42 Å². The van der Waals surface area contributed by atoms with Crippen LogP contribution in [-0.2, 0) is 11.2 Å². The Morgan fingerprint density at radius 3 is 2.65 bits per heavy atom. The van der Waals surface area contributed by atoms with Gasteiger partial charge in [0.2, 0.25) is 0 Å². The third-order valence-electron chi connectivity index (χ3n) is 2.80. The van der Waals surface area contributed by atoms with E-state index >= 15 is 0 Å². The number of carbonyl (C=O) groups is 1. The van der Waals surface area contributed by atoms with Crippen LogP contribution in [0, 0.1) is 0 Å². The molecule has 0 radical (unpaired) electrons. The summed E-state index contributed by atoms with van der Waals surface area (Å²) in [6, 6.07) is 13.4. The Bertz CT molecular complexity index is 534. The summed E-state index contributed by atoms with van der Waals surface area (Å²) in [7, 11) is 0. The molecule has 2 aromatic rings. The fourth-order valence-corrected chi connectivity index (χ4v) is 1.91. The number of nitrogens with one attached hydrogen (secondary N) is 1.